The number of esters is 2. The van der Waals surface area contributed by atoms with E-state index < -0.39 is 6.10 Å². The molecular formula is C16H24O5. The fourth-order valence-electron chi connectivity index (χ4n) is 3.79. The lowest BCUT2D eigenvalue weighted by Crippen LogP contribution is -2.48. The van der Waals surface area contributed by atoms with Gasteiger partial charge in [0.05, 0.1) is 31.7 Å². The summed E-state index contributed by atoms with van der Waals surface area (Å²) in [6, 6.07) is 0. The van der Waals surface area contributed by atoms with Gasteiger partial charge in [0, 0.05) is 5.92 Å². The molecule has 2 unspecified atom stereocenters. The lowest BCUT2D eigenvalue weighted by Gasteiger charge is -2.44. The molecule has 5 nitrogen and oxygen atoms in total. The molecular weight excluding hydrogens is 272 g/mol. The quantitative estimate of drug-likeness (QED) is 0.632. The first-order chi connectivity index (χ1) is 9.99. The fraction of sp³-hybridized carbons (Fsp3) is 0.750. The highest BCUT2D eigenvalue weighted by Gasteiger charge is 2.48. The topological polar surface area (TPSA) is 72.8 Å². The predicted molar refractivity (Wildman–Crippen MR) is 76.2 cm³/mol. The van der Waals surface area contributed by atoms with Crippen LogP contribution >= 0.6 is 0 Å². The van der Waals surface area contributed by atoms with Crippen molar-refractivity contribution in [2.45, 2.75) is 32.8 Å². The Hall–Kier alpha value is -1.36. The second-order valence-electron chi connectivity index (χ2n) is 6.02. The highest BCUT2D eigenvalue weighted by molar-refractivity contribution is 5.75. The minimum Gasteiger partial charge on any atom is -0.469 e. The molecule has 0 saturated heterocycles. The number of aliphatic hydroxyl groups excluding tert-OH is 1. The third kappa shape index (κ3) is 3.12. The van der Waals surface area contributed by atoms with Crippen LogP contribution in [-0.4, -0.2) is 36.9 Å². The smallest absolute Gasteiger partial charge is 0.309 e. The van der Waals surface area contributed by atoms with Gasteiger partial charge >= 0.3 is 11.9 Å². The van der Waals surface area contributed by atoms with Crippen LogP contribution in [-0.2, 0) is 19.1 Å². The summed E-state index contributed by atoms with van der Waals surface area (Å²) in [5.74, 6) is -1.30. The second kappa shape index (κ2) is 6.60. The molecule has 0 bridgehead atoms. The average molecular weight is 296 g/mol. The number of hydrogen-bond acceptors (Lipinski definition) is 5. The molecule has 1 saturated carbocycles. The van der Waals surface area contributed by atoms with Crippen molar-refractivity contribution in [3.63, 3.8) is 0 Å². The van der Waals surface area contributed by atoms with Gasteiger partial charge in [0.15, 0.2) is 0 Å². The van der Waals surface area contributed by atoms with E-state index in [0.29, 0.717) is 19.4 Å². The molecule has 0 amide bonds. The van der Waals surface area contributed by atoms with Crippen LogP contribution in [0, 0.1) is 29.6 Å². The van der Waals surface area contributed by atoms with E-state index in [-0.39, 0.29) is 41.5 Å². The number of aliphatic hydroxyl groups is 1. The Kier molecular flexibility index (Phi) is 5.04. The zero-order valence-electron chi connectivity index (χ0n) is 12.8. The molecule has 0 aliphatic heterocycles. The summed E-state index contributed by atoms with van der Waals surface area (Å²) in [5.41, 5.74) is 0. The standard InChI is InChI=1S/C16H24O5/c1-4-21-16(19)13-9(2)5-6-10-7-11(15(18)20-3)8-12(17)14(10)13/h5-6,9-14,17H,4,7-8H2,1-3H3/t9-,10?,11-,12-,13-,14?/m0/s1. The number of carbonyl (C=O) groups excluding carboxylic acids is 2. The van der Waals surface area contributed by atoms with Crippen molar-refractivity contribution in [3.05, 3.63) is 12.2 Å². The van der Waals surface area contributed by atoms with Crippen LogP contribution in [0.4, 0.5) is 0 Å². The van der Waals surface area contributed by atoms with Gasteiger partial charge in [-0.3, -0.25) is 9.59 Å². The third-order valence-corrected chi connectivity index (χ3v) is 4.76. The molecule has 1 N–H and O–H groups in total. The van der Waals surface area contributed by atoms with E-state index in [9.17, 15) is 14.7 Å². The first-order valence-corrected chi connectivity index (χ1v) is 7.60. The molecule has 21 heavy (non-hydrogen) atoms. The van der Waals surface area contributed by atoms with Crippen molar-refractivity contribution in [1.82, 2.24) is 0 Å². The Morgan fingerprint density at radius 3 is 2.57 bits per heavy atom. The van der Waals surface area contributed by atoms with E-state index in [2.05, 4.69) is 0 Å². The summed E-state index contributed by atoms with van der Waals surface area (Å²) < 4.78 is 9.95. The Morgan fingerprint density at radius 1 is 1.24 bits per heavy atom. The molecule has 5 heteroatoms. The van der Waals surface area contributed by atoms with Gasteiger partial charge in [-0.25, -0.2) is 0 Å². The first-order valence-electron chi connectivity index (χ1n) is 7.60. The minimum atomic E-state index is -0.686. The highest BCUT2D eigenvalue weighted by atomic mass is 16.5. The SMILES string of the molecule is CCOC(=O)[C@@H]1C2C(C=C[C@@H]1C)C[C@H](C(=O)OC)C[C@@H]2O. The lowest BCUT2D eigenvalue weighted by atomic mass is 9.61. The predicted octanol–water partition coefficient (Wildman–Crippen LogP) is 1.55. The average Bonchev–Trinajstić information content (AvgIpc) is 2.46. The molecule has 118 valence electrons. The molecule has 1 fully saturated rings. The molecule has 0 aromatic carbocycles. The molecule has 0 aromatic heterocycles. The largest absolute Gasteiger partial charge is 0.469 e. The summed E-state index contributed by atoms with van der Waals surface area (Å²) in [4.78, 5) is 23.9. The molecule has 2 aliphatic rings. The van der Waals surface area contributed by atoms with Gasteiger partial charge in [0.2, 0.25) is 0 Å². The fourth-order valence-corrected chi connectivity index (χ4v) is 3.79. The number of fused-ring (bicyclic) bond motifs is 1. The molecule has 0 aromatic rings. The van der Waals surface area contributed by atoms with Crippen molar-refractivity contribution < 1.29 is 24.2 Å². The van der Waals surface area contributed by atoms with Crippen molar-refractivity contribution in [2.75, 3.05) is 13.7 Å². The highest BCUT2D eigenvalue weighted by Crippen LogP contribution is 2.45. The van der Waals surface area contributed by atoms with Gasteiger partial charge in [0.25, 0.3) is 0 Å². The van der Waals surface area contributed by atoms with Crippen LogP contribution in [0.2, 0.25) is 0 Å². The van der Waals surface area contributed by atoms with Crippen LogP contribution in [0.25, 0.3) is 0 Å². The maximum absolute atomic E-state index is 12.2. The summed E-state index contributed by atoms with van der Waals surface area (Å²) >= 11 is 0. The number of carbonyl (C=O) groups is 2. The lowest BCUT2D eigenvalue weighted by molar-refractivity contribution is -0.160. The van der Waals surface area contributed by atoms with E-state index in [1.54, 1.807) is 6.92 Å². The van der Waals surface area contributed by atoms with Gasteiger partial charge in [0.1, 0.15) is 0 Å². The Balaban J connectivity index is 2.21. The number of ether oxygens (including phenoxy) is 2. The van der Waals surface area contributed by atoms with Gasteiger partial charge < -0.3 is 14.6 Å². The molecule has 0 spiro atoms. The Morgan fingerprint density at radius 2 is 1.95 bits per heavy atom. The van der Waals surface area contributed by atoms with Crippen molar-refractivity contribution >= 4 is 11.9 Å². The third-order valence-electron chi connectivity index (χ3n) is 4.76. The monoisotopic (exact) mass is 296 g/mol. The zero-order valence-corrected chi connectivity index (χ0v) is 12.8. The van der Waals surface area contributed by atoms with Gasteiger partial charge in [-0.05, 0) is 31.6 Å². The number of rotatable bonds is 3. The zero-order chi connectivity index (χ0) is 15.6. The van der Waals surface area contributed by atoms with E-state index in [1.165, 1.54) is 7.11 Å². The normalized spacial score (nSPS) is 38.5. The van der Waals surface area contributed by atoms with Crippen LogP contribution < -0.4 is 0 Å². The van der Waals surface area contributed by atoms with Crippen LogP contribution in [0.15, 0.2) is 12.2 Å². The van der Waals surface area contributed by atoms with Gasteiger partial charge in [-0.2, -0.15) is 0 Å². The summed E-state index contributed by atoms with van der Waals surface area (Å²) in [5, 5.41) is 10.5. The van der Waals surface area contributed by atoms with E-state index in [0.717, 1.165) is 0 Å². The van der Waals surface area contributed by atoms with Crippen molar-refractivity contribution in [2.24, 2.45) is 29.6 Å². The number of hydrogen-bond donors (Lipinski definition) is 1. The molecule has 6 atom stereocenters. The molecule has 2 aliphatic carbocycles. The van der Waals surface area contributed by atoms with E-state index >= 15 is 0 Å². The number of methoxy groups -OCH3 is 1. The van der Waals surface area contributed by atoms with E-state index in [1.807, 2.05) is 19.1 Å². The second-order valence-corrected chi connectivity index (χ2v) is 6.02. The molecule has 0 radical (unpaired) electrons. The Labute approximate surface area is 125 Å². The molecule has 2 rings (SSSR count). The maximum Gasteiger partial charge on any atom is 0.309 e. The van der Waals surface area contributed by atoms with Gasteiger partial charge in [-0.1, -0.05) is 19.1 Å². The summed E-state index contributed by atoms with van der Waals surface area (Å²) in [6.07, 6.45) is 4.31. The van der Waals surface area contributed by atoms with Gasteiger partial charge in [-0.15, -0.1) is 0 Å². The first kappa shape index (κ1) is 16.0. The van der Waals surface area contributed by atoms with E-state index in [4.69, 9.17) is 9.47 Å². The Bertz CT molecular complexity index is 430. The summed E-state index contributed by atoms with van der Waals surface area (Å²) in [6.45, 7) is 4.08. The maximum atomic E-state index is 12.2. The minimum absolute atomic E-state index is 0.0171. The molecule has 0 heterocycles. The van der Waals surface area contributed by atoms with Crippen LogP contribution in [0.5, 0.6) is 0 Å². The number of allylic oxidation sites excluding steroid dienone is 2. The van der Waals surface area contributed by atoms with Crippen molar-refractivity contribution in [1.29, 1.82) is 0 Å². The van der Waals surface area contributed by atoms with Crippen molar-refractivity contribution in [3.8, 4) is 0 Å². The summed E-state index contributed by atoms with van der Waals surface area (Å²) in [7, 11) is 1.36. The van der Waals surface area contributed by atoms with Crippen LogP contribution in [0.3, 0.4) is 0 Å². The van der Waals surface area contributed by atoms with Crippen LogP contribution in [0.1, 0.15) is 26.7 Å².